The Morgan fingerprint density at radius 3 is 2.11 bits per heavy atom. The maximum Gasteiger partial charge on any atom is 0.255 e. The SMILES string of the molecule is CCN(C(C)C)C(C)C.CNC(=O)c1c(-c2ccc(F)cc2)oc2cc(NC(C)=O)c(OC)cc12. The van der Waals surface area contributed by atoms with Crippen LogP contribution in [-0.4, -0.2) is 49.5 Å². The van der Waals surface area contributed by atoms with E-state index in [-0.39, 0.29) is 17.6 Å². The van der Waals surface area contributed by atoms with Crippen LogP contribution in [0, 0.1) is 5.82 Å². The number of anilines is 1. The Labute approximate surface area is 206 Å². The van der Waals surface area contributed by atoms with Crippen molar-refractivity contribution in [1.82, 2.24) is 10.2 Å². The summed E-state index contributed by atoms with van der Waals surface area (Å²) in [5.41, 5.74) is 1.69. The van der Waals surface area contributed by atoms with E-state index < -0.39 is 0 Å². The molecule has 0 saturated heterocycles. The molecule has 35 heavy (non-hydrogen) atoms. The van der Waals surface area contributed by atoms with Crippen LogP contribution in [0.5, 0.6) is 5.75 Å². The lowest BCUT2D eigenvalue weighted by molar-refractivity contribution is -0.114. The molecule has 190 valence electrons. The third-order valence-corrected chi connectivity index (χ3v) is 5.57. The van der Waals surface area contributed by atoms with Crippen LogP contribution in [-0.2, 0) is 4.79 Å². The number of nitrogens with one attached hydrogen (secondary N) is 2. The number of nitrogens with zero attached hydrogens (tertiary/aromatic N) is 1. The minimum atomic E-state index is -0.388. The first-order valence-electron chi connectivity index (χ1n) is 11.7. The number of methoxy groups -OCH3 is 1. The number of ether oxygens (including phenoxy) is 1. The molecule has 2 amide bonds. The van der Waals surface area contributed by atoms with E-state index in [2.05, 4.69) is 50.2 Å². The Bertz CT molecular complexity index is 1150. The summed E-state index contributed by atoms with van der Waals surface area (Å²) in [6.07, 6.45) is 0. The summed E-state index contributed by atoms with van der Waals surface area (Å²) in [5.74, 6) is -0.302. The molecule has 3 rings (SSSR count). The number of fused-ring (bicyclic) bond motifs is 1. The number of hydrogen-bond donors (Lipinski definition) is 2. The summed E-state index contributed by atoms with van der Waals surface area (Å²) >= 11 is 0. The van der Waals surface area contributed by atoms with Gasteiger partial charge in [0.1, 0.15) is 22.9 Å². The van der Waals surface area contributed by atoms with Crippen molar-refractivity contribution < 1.29 is 23.1 Å². The molecular weight excluding hydrogens is 449 g/mol. The maximum absolute atomic E-state index is 13.2. The highest BCUT2D eigenvalue weighted by Crippen LogP contribution is 2.39. The maximum atomic E-state index is 13.2. The number of carbonyl (C=O) groups is 2. The molecule has 2 aromatic carbocycles. The third-order valence-electron chi connectivity index (χ3n) is 5.57. The van der Waals surface area contributed by atoms with Gasteiger partial charge in [-0.25, -0.2) is 4.39 Å². The van der Waals surface area contributed by atoms with Crippen molar-refractivity contribution in [3.8, 4) is 17.1 Å². The second-order valence-corrected chi connectivity index (χ2v) is 8.64. The minimum Gasteiger partial charge on any atom is -0.495 e. The normalized spacial score (nSPS) is 11.0. The van der Waals surface area contributed by atoms with Crippen molar-refractivity contribution >= 4 is 28.5 Å². The number of amides is 2. The molecule has 0 saturated carbocycles. The zero-order valence-corrected chi connectivity index (χ0v) is 21.8. The third kappa shape index (κ3) is 6.82. The minimum absolute atomic E-state index is 0.264. The summed E-state index contributed by atoms with van der Waals surface area (Å²) < 4.78 is 24.4. The van der Waals surface area contributed by atoms with Crippen LogP contribution >= 0.6 is 0 Å². The van der Waals surface area contributed by atoms with Gasteiger partial charge in [-0.15, -0.1) is 0 Å². The van der Waals surface area contributed by atoms with Gasteiger partial charge in [-0.05, 0) is 64.6 Å². The lowest BCUT2D eigenvalue weighted by Crippen LogP contribution is -2.36. The molecule has 0 aliphatic carbocycles. The van der Waals surface area contributed by atoms with E-state index in [0.29, 0.717) is 51.4 Å². The first-order chi connectivity index (χ1) is 16.5. The smallest absolute Gasteiger partial charge is 0.255 e. The van der Waals surface area contributed by atoms with E-state index in [1.54, 1.807) is 12.1 Å². The predicted molar refractivity (Wildman–Crippen MR) is 139 cm³/mol. The zero-order valence-electron chi connectivity index (χ0n) is 21.8. The second kappa shape index (κ2) is 12.4. The molecule has 0 unspecified atom stereocenters. The van der Waals surface area contributed by atoms with Gasteiger partial charge in [0.15, 0.2) is 0 Å². The summed E-state index contributed by atoms with van der Waals surface area (Å²) in [6.45, 7) is 13.7. The van der Waals surface area contributed by atoms with Crippen molar-refractivity contribution in [3.05, 3.63) is 47.8 Å². The van der Waals surface area contributed by atoms with E-state index in [0.717, 1.165) is 6.54 Å². The lowest BCUT2D eigenvalue weighted by Gasteiger charge is -2.28. The Morgan fingerprint density at radius 2 is 1.69 bits per heavy atom. The standard InChI is InChI=1S/C19H17FN2O4.C8H19N/c1-10(23)22-14-9-15-13(8-16(14)25-3)17(19(24)21-2)18(26-15)11-4-6-12(20)7-5-11;1-6-9(7(2)3)8(4)5/h4-9H,1-3H3,(H,21,24)(H,22,23);7-8H,6H2,1-5H3. The number of rotatable bonds is 7. The first-order valence-corrected chi connectivity index (χ1v) is 11.7. The fourth-order valence-electron chi connectivity index (χ4n) is 4.06. The van der Waals surface area contributed by atoms with Gasteiger partial charge in [-0.3, -0.25) is 14.5 Å². The molecule has 0 atom stereocenters. The highest BCUT2D eigenvalue weighted by Gasteiger charge is 2.23. The van der Waals surface area contributed by atoms with E-state index in [1.807, 2.05) is 0 Å². The van der Waals surface area contributed by atoms with Crippen LogP contribution < -0.4 is 15.4 Å². The predicted octanol–water partition coefficient (Wildman–Crippen LogP) is 5.69. The number of hydrogen-bond acceptors (Lipinski definition) is 5. The van der Waals surface area contributed by atoms with Crippen molar-refractivity contribution in [2.24, 2.45) is 0 Å². The topological polar surface area (TPSA) is 83.8 Å². The molecule has 0 bridgehead atoms. The lowest BCUT2D eigenvalue weighted by atomic mass is 10.0. The number of benzene rings is 2. The molecule has 0 aliphatic heterocycles. The van der Waals surface area contributed by atoms with E-state index in [9.17, 15) is 14.0 Å². The molecule has 7 nitrogen and oxygen atoms in total. The van der Waals surface area contributed by atoms with Crippen LogP contribution in [0.15, 0.2) is 40.8 Å². The molecule has 0 radical (unpaired) electrons. The molecule has 0 aliphatic rings. The van der Waals surface area contributed by atoms with Gasteiger partial charge in [0.25, 0.3) is 5.91 Å². The highest BCUT2D eigenvalue weighted by molar-refractivity contribution is 6.12. The molecule has 3 aromatic rings. The van der Waals surface area contributed by atoms with Crippen LogP contribution in [0.2, 0.25) is 0 Å². The van der Waals surface area contributed by atoms with E-state index in [4.69, 9.17) is 9.15 Å². The Balaban J connectivity index is 0.000000410. The fraction of sp³-hybridized carbons (Fsp3) is 0.407. The van der Waals surface area contributed by atoms with Crippen molar-refractivity contribution in [3.63, 3.8) is 0 Å². The number of halogens is 1. The summed E-state index contributed by atoms with van der Waals surface area (Å²) in [4.78, 5) is 26.3. The molecular formula is C27H36FN3O4. The van der Waals surface area contributed by atoms with Gasteiger partial charge in [-0.1, -0.05) is 6.92 Å². The second-order valence-electron chi connectivity index (χ2n) is 8.64. The van der Waals surface area contributed by atoms with Crippen LogP contribution in [0.3, 0.4) is 0 Å². The fourth-order valence-corrected chi connectivity index (χ4v) is 4.06. The van der Waals surface area contributed by atoms with Gasteiger partial charge in [0.05, 0.1) is 18.4 Å². The molecule has 2 N–H and O–H groups in total. The largest absolute Gasteiger partial charge is 0.495 e. The van der Waals surface area contributed by atoms with Gasteiger partial charge in [0.2, 0.25) is 5.91 Å². The first kappa shape index (κ1) is 27.9. The number of furan rings is 1. The molecule has 8 heteroatoms. The summed E-state index contributed by atoms with van der Waals surface area (Å²) in [7, 11) is 2.98. The summed E-state index contributed by atoms with van der Waals surface area (Å²) in [5, 5.41) is 5.77. The summed E-state index contributed by atoms with van der Waals surface area (Å²) in [6, 6.07) is 10.2. The van der Waals surface area contributed by atoms with Gasteiger partial charge >= 0.3 is 0 Å². The monoisotopic (exact) mass is 485 g/mol. The Hall–Kier alpha value is -3.39. The zero-order chi connectivity index (χ0) is 26.3. The van der Waals surface area contributed by atoms with Gasteiger partial charge < -0.3 is 19.8 Å². The van der Waals surface area contributed by atoms with Gasteiger partial charge in [-0.2, -0.15) is 0 Å². The Kier molecular flexibility index (Phi) is 9.83. The average Bonchev–Trinajstić information content (AvgIpc) is 3.16. The van der Waals surface area contributed by atoms with E-state index >= 15 is 0 Å². The van der Waals surface area contributed by atoms with Crippen molar-refractivity contribution in [2.45, 2.75) is 53.6 Å². The number of carbonyl (C=O) groups excluding carboxylic acids is 2. The molecule has 0 fully saturated rings. The average molecular weight is 486 g/mol. The van der Waals surface area contributed by atoms with E-state index in [1.165, 1.54) is 45.3 Å². The quantitative estimate of drug-likeness (QED) is 0.449. The van der Waals surface area contributed by atoms with Gasteiger partial charge in [0, 0.05) is 43.1 Å². The van der Waals surface area contributed by atoms with Crippen LogP contribution in [0.1, 0.15) is 51.9 Å². The Morgan fingerprint density at radius 1 is 1.09 bits per heavy atom. The molecule has 1 heterocycles. The molecule has 0 spiro atoms. The highest BCUT2D eigenvalue weighted by atomic mass is 19.1. The van der Waals surface area contributed by atoms with Crippen molar-refractivity contribution in [1.29, 1.82) is 0 Å². The van der Waals surface area contributed by atoms with Crippen LogP contribution in [0.4, 0.5) is 10.1 Å². The van der Waals surface area contributed by atoms with Crippen LogP contribution in [0.25, 0.3) is 22.3 Å². The van der Waals surface area contributed by atoms with Crippen molar-refractivity contribution in [2.75, 3.05) is 26.0 Å². The molecule has 1 aromatic heterocycles.